The van der Waals surface area contributed by atoms with Gasteiger partial charge in [0.1, 0.15) is 6.04 Å². The Balaban J connectivity index is 1.67. The molecular formula is C16H22N2OS. The van der Waals surface area contributed by atoms with Crippen LogP contribution < -0.4 is 10.6 Å². The Labute approximate surface area is 124 Å². The van der Waals surface area contributed by atoms with E-state index in [1.807, 2.05) is 17.8 Å². The maximum Gasteiger partial charge on any atom is 0.241 e. The van der Waals surface area contributed by atoms with Gasteiger partial charge in [0.15, 0.2) is 0 Å². The van der Waals surface area contributed by atoms with Gasteiger partial charge in [0, 0.05) is 17.8 Å². The Hall–Kier alpha value is -1.00. The predicted molar refractivity (Wildman–Crippen MR) is 84.0 cm³/mol. The summed E-state index contributed by atoms with van der Waals surface area (Å²) in [5, 5.41) is 7.31. The summed E-state index contributed by atoms with van der Waals surface area (Å²) in [4.78, 5) is 12.5. The summed E-state index contributed by atoms with van der Waals surface area (Å²) in [5.74, 6) is 0.143. The lowest BCUT2D eigenvalue weighted by Crippen LogP contribution is -2.44. The second-order valence-corrected chi connectivity index (χ2v) is 6.85. The Bertz CT molecular complexity index is 491. The third-order valence-corrected chi connectivity index (χ3v) is 5.53. The molecule has 0 spiro atoms. The zero-order chi connectivity index (χ0) is 13.9. The minimum Gasteiger partial charge on any atom is -0.352 e. The summed E-state index contributed by atoms with van der Waals surface area (Å²) in [7, 11) is 0. The van der Waals surface area contributed by atoms with Gasteiger partial charge in [0.05, 0.1) is 0 Å². The fraction of sp³-hybridized carbons (Fsp3) is 0.562. The van der Waals surface area contributed by atoms with Crippen molar-refractivity contribution in [2.75, 3.05) is 12.8 Å². The van der Waals surface area contributed by atoms with E-state index in [9.17, 15) is 4.79 Å². The molecule has 3 atom stereocenters. The molecule has 0 aromatic heterocycles. The fourth-order valence-electron chi connectivity index (χ4n) is 3.31. The highest BCUT2D eigenvalue weighted by Gasteiger charge is 2.30. The van der Waals surface area contributed by atoms with Crippen LogP contribution in [-0.4, -0.2) is 30.0 Å². The van der Waals surface area contributed by atoms with Gasteiger partial charge >= 0.3 is 0 Å². The minimum atomic E-state index is -0.173. The SMILES string of the molecule is CSC1CCC(NC(=O)C2NCCc3ccccc32)C1. The van der Waals surface area contributed by atoms with Crippen LogP contribution in [0.15, 0.2) is 24.3 Å². The lowest BCUT2D eigenvalue weighted by molar-refractivity contribution is -0.124. The summed E-state index contributed by atoms with van der Waals surface area (Å²) in [6.07, 6.45) is 6.62. The van der Waals surface area contributed by atoms with Crippen molar-refractivity contribution >= 4 is 17.7 Å². The molecule has 0 saturated heterocycles. The van der Waals surface area contributed by atoms with Crippen molar-refractivity contribution in [1.29, 1.82) is 0 Å². The molecule has 1 heterocycles. The molecule has 1 aliphatic heterocycles. The van der Waals surface area contributed by atoms with Crippen LogP contribution in [0.25, 0.3) is 0 Å². The van der Waals surface area contributed by atoms with E-state index in [0.717, 1.165) is 31.4 Å². The molecule has 3 unspecified atom stereocenters. The number of rotatable bonds is 3. The summed E-state index contributed by atoms with van der Waals surface area (Å²) in [5.41, 5.74) is 2.45. The van der Waals surface area contributed by atoms with E-state index in [4.69, 9.17) is 0 Å². The number of fused-ring (bicyclic) bond motifs is 1. The fourth-order valence-corrected chi connectivity index (χ4v) is 4.10. The molecule has 1 aliphatic carbocycles. The molecule has 0 radical (unpaired) electrons. The van der Waals surface area contributed by atoms with Gasteiger partial charge in [0.2, 0.25) is 5.91 Å². The molecule has 4 heteroatoms. The van der Waals surface area contributed by atoms with Crippen LogP contribution in [0, 0.1) is 0 Å². The molecular weight excluding hydrogens is 268 g/mol. The highest BCUT2D eigenvalue weighted by atomic mass is 32.2. The van der Waals surface area contributed by atoms with Crippen LogP contribution in [0.5, 0.6) is 0 Å². The lowest BCUT2D eigenvalue weighted by atomic mass is 9.94. The molecule has 3 rings (SSSR count). The van der Waals surface area contributed by atoms with Crippen LogP contribution >= 0.6 is 11.8 Å². The van der Waals surface area contributed by atoms with E-state index in [0.29, 0.717) is 11.3 Å². The molecule has 3 nitrogen and oxygen atoms in total. The minimum absolute atomic E-state index is 0.143. The van der Waals surface area contributed by atoms with Gasteiger partial charge in [-0.25, -0.2) is 0 Å². The van der Waals surface area contributed by atoms with Gasteiger partial charge in [-0.15, -0.1) is 0 Å². The topological polar surface area (TPSA) is 41.1 Å². The molecule has 1 saturated carbocycles. The highest BCUT2D eigenvalue weighted by molar-refractivity contribution is 7.99. The number of benzene rings is 1. The number of carbonyl (C=O) groups is 1. The van der Waals surface area contributed by atoms with Crippen LogP contribution in [0.1, 0.15) is 36.4 Å². The summed E-state index contributed by atoms with van der Waals surface area (Å²) < 4.78 is 0. The number of thioether (sulfide) groups is 1. The second-order valence-electron chi connectivity index (χ2n) is 5.71. The van der Waals surface area contributed by atoms with E-state index in [1.165, 1.54) is 12.0 Å². The van der Waals surface area contributed by atoms with Gasteiger partial charge in [-0.1, -0.05) is 24.3 Å². The third-order valence-electron chi connectivity index (χ3n) is 4.44. The summed E-state index contributed by atoms with van der Waals surface area (Å²) >= 11 is 1.92. The Morgan fingerprint density at radius 3 is 3.00 bits per heavy atom. The summed E-state index contributed by atoms with van der Waals surface area (Å²) in [6, 6.07) is 8.47. The molecule has 1 aromatic rings. The average molecular weight is 290 g/mol. The zero-order valence-corrected chi connectivity index (χ0v) is 12.7. The summed E-state index contributed by atoms with van der Waals surface area (Å²) in [6.45, 7) is 0.882. The van der Waals surface area contributed by atoms with E-state index >= 15 is 0 Å². The van der Waals surface area contributed by atoms with Gasteiger partial charge in [0.25, 0.3) is 0 Å². The molecule has 0 bridgehead atoms. The average Bonchev–Trinajstić information content (AvgIpc) is 2.94. The zero-order valence-electron chi connectivity index (χ0n) is 11.9. The Kier molecular flexibility index (Phi) is 4.32. The number of hydrogen-bond acceptors (Lipinski definition) is 3. The smallest absolute Gasteiger partial charge is 0.241 e. The molecule has 1 fully saturated rings. The monoisotopic (exact) mass is 290 g/mol. The molecule has 108 valence electrons. The van der Waals surface area contributed by atoms with Gasteiger partial charge in [-0.3, -0.25) is 4.79 Å². The van der Waals surface area contributed by atoms with Crippen molar-refractivity contribution in [3.63, 3.8) is 0 Å². The van der Waals surface area contributed by atoms with E-state index in [1.54, 1.807) is 0 Å². The molecule has 20 heavy (non-hydrogen) atoms. The number of carbonyl (C=O) groups excluding carboxylic acids is 1. The largest absolute Gasteiger partial charge is 0.352 e. The van der Waals surface area contributed by atoms with Crippen LogP contribution in [-0.2, 0) is 11.2 Å². The van der Waals surface area contributed by atoms with Crippen molar-refractivity contribution in [3.8, 4) is 0 Å². The van der Waals surface area contributed by atoms with Gasteiger partial charge in [-0.2, -0.15) is 11.8 Å². The Morgan fingerprint density at radius 1 is 1.35 bits per heavy atom. The maximum absolute atomic E-state index is 12.5. The highest BCUT2D eigenvalue weighted by Crippen LogP contribution is 2.29. The number of amides is 1. The van der Waals surface area contributed by atoms with E-state index < -0.39 is 0 Å². The predicted octanol–water partition coefficient (Wildman–Crippen LogP) is 2.27. The molecule has 2 N–H and O–H groups in total. The van der Waals surface area contributed by atoms with E-state index in [2.05, 4.69) is 35.1 Å². The first-order chi connectivity index (χ1) is 9.78. The van der Waals surface area contributed by atoms with Crippen molar-refractivity contribution in [2.24, 2.45) is 0 Å². The van der Waals surface area contributed by atoms with Crippen molar-refractivity contribution in [3.05, 3.63) is 35.4 Å². The molecule has 2 aliphatic rings. The van der Waals surface area contributed by atoms with Crippen LogP contribution in [0.4, 0.5) is 0 Å². The van der Waals surface area contributed by atoms with Crippen molar-refractivity contribution in [1.82, 2.24) is 10.6 Å². The first-order valence-corrected chi connectivity index (χ1v) is 8.71. The molecule has 1 amide bonds. The van der Waals surface area contributed by atoms with Crippen LogP contribution in [0.2, 0.25) is 0 Å². The van der Waals surface area contributed by atoms with Gasteiger partial charge < -0.3 is 10.6 Å². The third kappa shape index (κ3) is 2.86. The van der Waals surface area contributed by atoms with Gasteiger partial charge in [-0.05, 0) is 43.1 Å². The Morgan fingerprint density at radius 2 is 2.20 bits per heavy atom. The quantitative estimate of drug-likeness (QED) is 0.897. The van der Waals surface area contributed by atoms with E-state index in [-0.39, 0.29) is 11.9 Å². The number of nitrogens with one attached hydrogen (secondary N) is 2. The first-order valence-electron chi connectivity index (χ1n) is 7.42. The number of hydrogen-bond donors (Lipinski definition) is 2. The second kappa shape index (κ2) is 6.19. The van der Waals surface area contributed by atoms with Crippen molar-refractivity contribution in [2.45, 2.75) is 43.0 Å². The lowest BCUT2D eigenvalue weighted by Gasteiger charge is -2.27. The standard InChI is InChI=1S/C16H22N2OS/c1-20-13-7-6-12(10-13)18-16(19)15-14-5-3-2-4-11(14)8-9-17-15/h2-5,12-13,15,17H,6-10H2,1H3,(H,18,19). The first kappa shape index (κ1) is 14.0. The van der Waals surface area contributed by atoms with Crippen molar-refractivity contribution < 1.29 is 4.79 Å². The normalized spacial score (nSPS) is 28.9. The van der Waals surface area contributed by atoms with Crippen LogP contribution in [0.3, 0.4) is 0 Å². The maximum atomic E-state index is 12.5. The molecule has 1 aromatic carbocycles.